The van der Waals surface area contributed by atoms with Gasteiger partial charge < -0.3 is 4.98 Å². The van der Waals surface area contributed by atoms with Crippen molar-refractivity contribution in [1.82, 2.24) is 4.98 Å². The first kappa shape index (κ1) is 11.3. The topological polar surface area (TPSA) is 15.8 Å². The van der Waals surface area contributed by atoms with E-state index in [9.17, 15) is 4.39 Å². The second kappa shape index (κ2) is 4.13. The first-order valence-electron chi connectivity index (χ1n) is 6.20. The summed E-state index contributed by atoms with van der Waals surface area (Å²) >= 11 is 3.44. The summed E-state index contributed by atoms with van der Waals surface area (Å²) < 4.78 is 14.3. The average Bonchev–Trinajstić information content (AvgIpc) is 2.68. The molecule has 1 aliphatic carbocycles. The van der Waals surface area contributed by atoms with Crippen LogP contribution in [0.2, 0.25) is 0 Å². The maximum Gasteiger partial charge on any atom is 0.125 e. The van der Waals surface area contributed by atoms with Crippen molar-refractivity contribution in [1.29, 1.82) is 0 Å². The molecule has 0 aliphatic heterocycles. The molecule has 0 saturated heterocycles. The van der Waals surface area contributed by atoms with Crippen LogP contribution in [-0.2, 0) is 6.42 Å². The highest BCUT2D eigenvalue weighted by atomic mass is 79.9. The summed E-state index contributed by atoms with van der Waals surface area (Å²) in [5.41, 5.74) is 3.72. The molecular formula is C14H15BrFN. The van der Waals surface area contributed by atoms with Gasteiger partial charge in [0, 0.05) is 15.6 Å². The number of fused-ring (bicyclic) bond motifs is 3. The van der Waals surface area contributed by atoms with E-state index in [-0.39, 0.29) is 5.82 Å². The van der Waals surface area contributed by atoms with Gasteiger partial charge in [-0.1, -0.05) is 6.92 Å². The van der Waals surface area contributed by atoms with Crippen molar-refractivity contribution in [3.8, 4) is 0 Å². The normalized spacial score (nSPS) is 19.6. The minimum atomic E-state index is -0.162. The number of halogens is 2. The lowest BCUT2D eigenvalue weighted by Crippen LogP contribution is -2.07. The van der Waals surface area contributed by atoms with Gasteiger partial charge in [-0.15, -0.1) is 0 Å². The molecule has 90 valence electrons. The number of aromatic amines is 1. The molecule has 3 rings (SSSR count). The van der Waals surface area contributed by atoms with E-state index in [1.165, 1.54) is 30.2 Å². The Balaban J connectivity index is 2.30. The zero-order valence-electron chi connectivity index (χ0n) is 9.82. The summed E-state index contributed by atoms with van der Waals surface area (Å²) in [5.74, 6) is 0.450. The number of aromatic nitrogens is 1. The van der Waals surface area contributed by atoms with E-state index in [1.54, 1.807) is 6.07 Å². The summed E-state index contributed by atoms with van der Waals surface area (Å²) in [5, 5.41) is 1.06. The molecule has 0 radical (unpaired) electrons. The molecule has 1 heterocycles. The third kappa shape index (κ3) is 1.71. The number of aryl methyl sites for hydroxylation is 1. The zero-order chi connectivity index (χ0) is 12.0. The largest absolute Gasteiger partial charge is 0.357 e. The maximum atomic E-state index is 13.5. The van der Waals surface area contributed by atoms with Crippen molar-refractivity contribution in [3.63, 3.8) is 0 Å². The van der Waals surface area contributed by atoms with Crippen molar-refractivity contribution >= 4 is 26.8 Å². The van der Waals surface area contributed by atoms with E-state index in [0.717, 1.165) is 28.2 Å². The van der Waals surface area contributed by atoms with E-state index < -0.39 is 0 Å². The van der Waals surface area contributed by atoms with Crippen LogP contribution in [0.25, 0.3) is 10.9 Å². The predicted molar refractivity (Wildman–Crippen MR) is 71.9 cm³/mol. The van der Waals surface area contributed by atoms with Crippen molar-refractivity contribution < 1.29 is 4.39 Å². The average molecular weight is 296 g/mol. The van der Waals surface area contributed by atoms with Gasteiger partial charge in [-0.25, -0.2) is 4.39 Å². The van der Waals surface area contributed by atoms with Gasteiger partial charge in [0.1, 0.15) is 5.82 Å². The zero-order valence-corrected chi connectivity index (χ0v) is 11.4. The number of H-pyrrole nitrogens is 1. The van der Waals surface area contributed by atoms with Crippen LogP contribution in [-0.4, -0.2) is 4.98 Å². The van der Waals surface area contributed by atoms with Crippen molar-refractivity contribution in [3.05, 3.63) is 33.7 Å². The minimum Gasteiger partial charge on any atom is -0.357 e. The van der Waals surface area contributed by atoms with Gasteiger partial charge >= 0.3 is 0 Å². The van der Waals surface area contributed by atoms with E-state index >= 15 is 0 Å². The lowest BCUT2D eigenvalue weighted by atomic mass is 9.85. The van der Waals surface area contributed by atoms with E-state index in [2.05, 4.69) is 27.8 Å². The molecule has 0 bridgehead atoms. The van der Waals surface area contributed by atoms with Crippen molar-refractivity contribution in [2.75, 3.05) is 0 Å². The van der Waals surface area contributed by atoms with Gasteiger partial charge in [0.25, 0.3) is 0 Å². The van der Waals surface area contributed by atoms with Gasteiger partial charge in [-0.2, -0.15) is 0 Å². The Labute approximate surface area is 109 Å². The molecule has 1 aromatic carbocycles. The molecule has 1 aliphatic rings. The Morgan fingerprint density at radius 3 is 3.06 bits per heavy atom. The SMILES string of the molecule is CC[C@H]1CCCc2c1[nH]c1c(Br)cc(F)cc21. The van der Waals surface area contributed by atoms with Crippen molar-refractivity contribution in [2.45, 2.75) is 38.5 Å². The summed E-state index contributed by atoms with van der Waals surface area (Å²) in [6, 6.07) is 3.19. The maximum absolute atomic E-state index is 13.5. The molecular weight excluding hydrogens is 281 g/mol. The van der Waals surface area contributed by atoms with Gasteiger partial charge in [0.2, 0.25) is 0 Å². The summed E-state index contributed by atoms with van der Waals surface area (Å²) in [7, 11) is 0. The highest BCUT2D eigenvalue weighted by molar-refractivity contribution is 9.10. The Bertz CT molecular complexity index is 573. The molecule has 1 N–H and O–H groups in total. The Morgan fingerprint density at radius 2 is 2.29 bits per heavy atom. The molecule has 0 saturated carbocycles. The first-order chi connectivity index (χ1) is 8.20. The van der Waals surface area contributed by atoms with Gasteiger partial charge in [-0.3, -0.25) is 0 Å². The molecule has 1 atom stereocenters. The van der Waals surface area contributed by atoms with E-state index in [1.807, 2.05) is 0 Å². The summed E-state index contributed by atoms with van der Waals surface area (Å²) in [6.45, 7) is 2.22. The van der Waals surface area contributed by atoms with Crippen LogP contribution in [0.4, 0.5) is 4.39 Å². The third-order valence-corrected chi connectivity index (χ3v) is 4.47. The summed E-state index contributed by atoms with van der Waals surface area (Å²) in [4.78, 5) is 3.50. The molecule has 1 aromatic heterocycles. The molecule has 1 nitrogen and oxygen atoms in total. The highest BCUT2D eigenvalue weighted by Crippen LogP contribution is 2.39. The van der Waals surface area contributed by atoms with Gasteiger partial charge in [-0.05, 0) is 65.2 Å². The lowest BCUT2D eigenvalue weighted by Gasteiger charge is -2.21. The minimum absolute atomic E-state index is 0.162. The van der Waals surface area contributed by atoms with Crippen LogP contribution in [0.1, 0.15) is 43.4 Å². The predicted octanol–water partition coefficient (Wildman–Crippen LogP) is 4.90. The fraction of sp³-hybridized carbons (Fsp3) is 0.429. The molecule has 0 amide bonds. The molecule has 2 aromatic rings. The third-order valence-electron chi connectivity index (χ3n) is 3.85. The van der Waals surface area contributed by atoms with Gasteiger partial charge in [0.05, 0.1) is 5.52 Å². The Kier molecular flexibility index (Phi) is 2.74. The van der Waals surface area contributed by atoms with Crippen LogP contribution in [0.15, 0.2) is 16.6 Å². The Hall–Kier alpha value is -0.830. The standard InChI is InChI=1S/C14H15BrFN/c1-2-8-4-3-5-10-11-6-9(16)7-12(15)14(11)17-13(8)10/h6-8,17H,2-5H2,1H3/t8-/m0/s1. The number of rotatable bonds is 1. The smallest absolute Gasteiger partial charge is 0.125 e. The molecule has 3 heteroatoms. The first-order valence-corrected chi connectivity index (χ1v) is 6.99. The van der Waals surface area contributed by atoms with Crippen LogP contribution in [0, 0.1) is 5.82 Å². The number of hydrogen-bond donors (Lipinski definition) is 1. The molecule has 0 spiro atoms. The van der Waals surface area contributed by atoms with Crippen LogP contribution in [0.3, 0.4) is 0 Å². The molecule has 17 heavy (non-hydrogen) atoms. The number of hydrogen-bond acceptors (Lipinski definition) is 0. The highest BCUT2D eigenvalue weighted by Gasteiger charge is 2.23. The fourth-order valence-electron chi connectivity index (χ4n) is 2.99. The van der Waals surface area contributed by atoms with Crippen LogP contribution >= 0.6 is 15.9 Å². The number of benzene rings is 1. The Morgan fingerprint density at radius 1 is 1.47 bits per heavy atom. The summed E-state index contributed by atoms with van der Waals surface area (Å²) in [6.07, 6.45) is 4.69. The van der Waals surface area contributed by atoms with Crippen LogP contribution < -0.4 is 0 Å². The lowest BCUT2D eigenvalue weighted by molar-refractivity contribution is 0.532. The quantitative estimate of drug-likeness (QED) is 0.770. The second-order valence-electron chi connectivity index (χ2n) is 4.82. The van der Waals surface area contributed by atoms with Gasteiger partial charge in [0.15, 0.2) is 0 Å². The van der Waals surface area contributed by atoms with E-state index in [0.29, 0.717) is 5.92 Å². The van der Waals surface area contributed by atoms with Crippen LogP contribution in [0.5, 0.6) is 0 Å². The monoisotopic (exact) mass is 295 g/mol. The van der Waals surface area contributed by atoms with E-state index in [4.69, 9.17) is 0 Å². The second-order valence-corrected chi connectivity index (χ2v) is 5.68. The fourth-order valence-corrected chi connectivity index (χ4v) is 3.52. The molecule has 0 fully saturated rings. The molecule has 0 unspecified atom stereocenters. The van der Waals surface area contributed by atoms with Crippen molar-refractivity contribution in [2.24, 2.45) is 0 Å². The number of nitrogens with one attached hydrogen (secondary N) is 1.